The number of nitrogens with two attached hydrogens (primary N) is 1. The molecule has 0 spiro atoms. The number of esters is 1. The maximum Gasteiger partial charge on any atom is 0.338 e. The Hall–Kier alpha value is -3.63. The summed E-state index contributed by atoms with van der Waals surface area (Å²) in [6.07, 6.45) is -0.773. The van der Waals surface area contributed by atoms with Gasteiger partial charge in [-0.05, 0) is 71.2 Å². The summed E-state index contributed by atoms with van der Waals surface area (Å²) in [7, 11) is 0. The second-order valence-corrected chi connectivity index (χ2v) is 11.6. The number of carbonyl (C=O) groups excluding carboxylic acids is 1. The first-order chi connectivity index (χ1) is 18.5. The van der Waals surface area contributed by atoms with E-state index in [0.717, 1.165) is 5.56 Å². The zero-order chi connectivity index (χ0) is 30.1. The molecule has 0 heterocycles. The fourth-order valence-electron chi connectivity index (χ4n) is 3.73. The average molecular weight is 560 g/mol. The molecule has 0 fully saturated rings. The Morgan fingerprint density at radius 1 is 0.850 bits per heavy atom. The van der Waals surface area contributed by atoms with Crippen molar-refractivity contribution < 1.29 is 43.5 Å². The van der Waals surface area contributed by atoms with Crippen molar-refractivity contribution in [2.24, 2.45) is 11.7 Å². The van der Waals surface area contributed by atoms with Crippen LogP contribution in [0.1, 0.15) is 59.1 Å². The molecule has 0 amide bonds. The van der Waals surface area contributed by atoms with E-state index in [0.29, 0.717) is 30.3 Å². The minimum atomic E-state index is -2.54. The van der Waals surface area contributed by atoms with Gasteiger partial charge in [-0.25, -0.2) is 9.59 Å². The number of ether oxygens (including phenoxy) is 4. The Bertz CT molecular complexity index is 1150. The van der Waals surface area contributed by atoms with E-state index in [1.165, 1.54) is 0 Å². The van der Waals surface area contributed by atoms with Crippen LogP contribution in [0.15, 0.2) is 48.5 Å². The van der Waals surface area contributed by atoms with Gasteiger partial charge in [0.15, 0.2) is 11.5 Å². The molecule has 4 N–H and O–H groups in total. The van der Waals surface area contributed by atoms with Gasteiger partial charge in [0, 0.05) is 6.42 Å². The molecule has 10 heteroatoms. The Morgan fingerprint density at radius 3 is 2.05 bits per heavy atom. The lowest BCUT2D eigenvalue weighted by molar-refractivity contribution is -0.170. The summed E-state index contributed by atoms with van der Waals surface area (Å²) in [4.78, 5) is 36.8. The van der Waals surface area contributed by atoms with Gasteiger partial charge < -0.3 is 34.9 Å². The van der Waals surface area contributed by atoms with Crippen LogP contribution in [0.5, 0.6) is 11.5 Å². The molecule has 0 aliphatic carbocycles. The van der Waals surface area contributed by atoms with Crippen LogP contribution < -0.4 is 15.2 Å². The maximum atomic E-state index is 12.6. The first-order valence-corrected chi connectivity index (χ1v) is 13.0. The molecule has 220 valence electrons. The van der Waals surface area contributed by atoms with Gasteiger partial charge in [-0.15, -0.1) is 0 Å². The zero-order valence-corrected chi connectivity index (χ0v) is 24.1. The molecule has 0 aliphatic rings. The van der Waals surface area contributed by atoms with Crippen LogP contribution in [0.25, 0.3) is 0 Å². The topological polar surface area (TPSA) is 155 Å². The molecule has 0 saturated carbocycles. The van der Waals surface area contributed by atoms with E-state index in [2.05, 4.69) is 0 Å². The lowest BCUT2D eigenvalue weighted by atomic mass is 9.84. The number of carbonyl (C=O) groups is 3. The van der Waals surface area contributed by atoms with Gasteiger partial charge in [-0.3, -0.25) is 4.79 Å². The van der Waals surface area contributed by atoms with Crippen molar-refractivity contribution in [3.05, 3.63) is 59.7 Å². The van der Waals surface area contributed by atoms with Crippen molar-refractivity contribution in [3.63, 3.8) is 0 Å². The van der Waals surface area contributed by atoms with Crippen molar-refractivity contribution in [2.75, 3.05) is 13.2 Å². The molecule has 0 radical (unpaired) electrons. The summed E-state index contributed by atoms with van der Waals surface area (Å²) in [5.74, 6) is -4.62. The van der Waals surface area contributed by atoms with Gasteiger partial charge in [0.2, 0.25) is 5.54 Å². The third kappa shape index (κ3) is 10.5. The van der Waals surface area contributed by atoms with Crippen LogP contribution >= 0.6 is 0 Å². The monoisotopic (exact) mass is 559 g/mol. The van der Waals surface area contributed by atoms with Gasteiger partial charge in [-0.1, -0.05) is 36.4 Å². The van der Waals surface area contributed by atoms with Crippen LogP contribution in [0.4, 0.5) is 0 Å². The molecular formula is C30H41NO9. The maximum absolute atomic E-state index is 12.6. The number of benzene rings is 2. The molecule has 2 atom stereocenters. The highest BCUT2D eigenvalue weighted by molar-refractivity contribution is 6.04. The molecule has 2 rings (SSSR count). The highest BCUT2D eigenvalue weighted by Crippen LogP contribution is 2.33. The van der Waals surface area contributed by atoms with Crippen molar-refractivity contribution in [2.45, 2.75) is 77.7 Å². The van der Waals surface area contributed by atoms with E-state index in [1.54, 1.807) is 39.0 Å². The van der Waals surface area contributed by atoms with E-state index >= 15 is 0 Å². The van der Waals surface area contributed by atoms with Crippen LogP contribution in [0.2, 0.25) is 0 Å². The number of hydrogen-bond donors (Lipinski definition) is 3. The Morgan fingerprint density at radius 2 is 1.50 bits per heavy atom. The molecular weight excluding hydrogens is 518 g/mol. The Balaban J connectivity index is 2.18. The van der Waals surface area contributed by atoms with E-state index < -0.39 is 47.0 Å². The molecule has 40 heavy (non-hydrogen) atoms. The summed E-state index contributed by atoms with van der Waals surface area (Å²) in [6, 6.07) is 14.7. The number of aliphatic carboxylic acids is 2. The van der Waals surface area contributed by atoms with E-state index in [4.69, 9.17) is 24.7 Å². The van der Waals surface area contributed by atoms with Crippen LogP contribution in [-0.4, -0.2) is 58.1 Å². The average Bonchev–Trinajstić information content (AvgIpc) is 2.82. The quantitative estimate of drug-likeness (QED) is 0.174. The van der Waals surface area contributed by atoms with Crippen molar-refractivity contribution in [1.29, 1.82) is 0 Å². The molecule has 0 bridgehead atoms. The number of carboxylic acid groups (broad SMARTS) is 2. The fraction of sp³-hybridized carbons (Fsp3) is 0.500. The largest absolute Gasteiger partial charge is 0.487 e. The molecule has 2 aromatic carbocycles. The first kappa shape index (κ1) is 32.6. The van der Waals surface area contributed by atoms with Crippen LogP contribution in [0, 0.1) is 5.92 Å². The summed E-state index contributed by atoms with van der Waals surface area (Å²) in [5, 5.41) is 19.6. The van der Waals surface area contributed by atoms with Crippen molar-refractivity contribution in [1.82, 2.24) is 0 Å². The number of hydrogen-bond acceptors (Lipinski definition) is 8. The van der Waals surface area contributed by atoms with Crippen molar-refractivity contribution in [3.8, 4) is 11.5 Å². The third-order valence-electron chi connectivity index (χ3n) is 5.57. The normalized spacial score (nSPS) is 14.1. The van der Waals surface area contributed by atoms with Gasteiger partial charge in [0.1, 0.15) is 17.8 Å². The summed E-state index contributed by atoms with van der Waals surface area (Å²) in [6.45, 7) is 11.3. The highest BCUT2D eigenvalue weighted by Gasteiger charge is 2.48. The molecule has 0 aromatic heterocycles. The summed E-state index contributed by atoms with van der Waals surface area (Å²) >= 11 is 0. The SMILES string of the molecule is CC(C)(C)OC(=O)[C@](N)(C[C@H](Cc1ccc(OCCOCc2ccccc2)c(OC(C)(C)C)c1)C(=O)O)C(=O)O. The van der Waals surface area contributed by atoms with E-state index in [9.17, 15) is 24.6 Å². The lowest BCUT2D eigenvalue weighted by Gasteiger charge is -2.30. The Labute approximate surface area is 235 Å². The van der Waals surface area contributed by atoms with E-state index in [-0.39, 0.29) is 13.0 Å². The first-order valence-electron chi connectivity index (χ1n) is 13.0. The van der Waals surface area contributed by atoms with Crippen LogP contribution in [-0.2, 0) is 36.9 Å². The number of rotatable bonds is 14. The molecule has 2 aromatic rings. The smallest absolute Gasteiger partial charge is 0.338 e. The van der Waals surface area contributed by atoms with Gasteiger partial charge in [-0.2, -0.15) is 0 Å². The standard InChI is InChI=1S/C30H41NO9/c1-28(2,3)39-24-17-21(12-13-23(24)38-15-14-37-19-20-10-8-7-9-11-20)16-22(25(32)33)18-30(31,26(34)35)27(36)40-29(4,5)6/h7-13,17,22H,14-16,18-19,31H2,1-6H3,(H,32,33)(H,34,35)/t22-,30-/m0/s1. The molecule has 0 unspecified atom stereocenters. The minimum absolute atomic E-state index is 0.106. The van der Waals surface area contributed by atoms with Crippen LogP contribution in [0.3, 0.4) is 0 Å². The van der Waals surface area contributed by atoms with Crippen molar-refractivity contribution >= 4 is 17.9 Å². The second-order valence-electron chi connectivity index (χ2n) is 11.6. The third-order valence-corrected chi connectivity index (χ3v) is 5.57. The van der Waals surface area contributed by atoms with Gasteiger partial charge in [0.05, 0.1) is 19.1 Å². The summed E-state index contributed by atoms with van der Waals surface area (Å²) < 4.78 is 22.8. The summed E-state index contributed by atoms with van der Waals surface area (Å²) in [5.41, 5.74) is 3.41. The lowest BCUT2D eigenvalue weighted by Crippen LogP contribution is -2.58. The predicted molar refractivity (Wildman–Crippen MR) is 148 cm³/mol. The molecule has 10 nitrogen and oxygen atoms in total. The van der Waals surface area contributed by atoms with Gasteiger partial charge in [0.25, 0.3) is 0 Å². The number of carboxylic acids is 2. The minimum Gasteiger partial charge on any atom is -0.487 e. The van der Waals surface area contributed by atoms with E-state index in [1.807, 2.05) is 51.1 Å². The molecule has 0 saturated heterocycles. The fourth-order valence-corrected chi connectivity index (χ4v) is 3.73. The zero-order valence-electron chi connectivity index (χ0n) is 24.1. The Kier molecular flexibility index (Phi) is 11.1. The second kappa shape index (κ2) is 13.6. The highest BCUT2D eigenvalue weighted by atomic mass is 16.6. The predicted octanol–water partition coefficient (Wildman–Crippen LogP) is 4.22. The molecule has 0 aliphatic heterocycles. The van der Waals surface area contributed by atoms with Gasteiger partial charge >= 0.3 is 17.9 Å².